The summed E-state index contributed by atoms with van der Waals surface area (Å²) in [5.41, 5.74) is 1.91. The van der Waals surface area contributed by atoms with E-state index < -0.39 is 0 Å². The summed E-state index contributed by atoms with van der Waals surface area (Å²) in [4.78, 5) is 4.44. The minimum atomic E-state index is 0.704. The number of aryl methyl sites for hydroxylation is 1. The smallest absolute Gasteiger partial charge is 0.0859 e. The number of halogens is 3. The second-order valence-electron chi connectivity index (χ2n) is 3.03. The van der Waals surface area contributed by atoms with Crippen molar-refractivity contribution in [2.24, 2.45) is 0 Å². The van der Waals surface area contributed by atoms with Gasteiger partial charge in [-0.05, 0) is 41.1 Å². The van der Waals surface area contributed by atoms with Gasteiger partial charge in [-0.1, -0.05) is 27.5 Å². The molecule has 0 aliphatic heterocycles. The van der Waals surface area contributed by atoms with Gasteiger partial charge in [-0.3, -0.25) is 4.98 Å². The van der Waals surface area contributed by atoms with Gasteiger partial charge in [-0.25, -0.2) is 0 Å². The van der Waals surface area contributed by atoms with Crippen molar-refractivity contribution in [3.8, 4) is 0 Å². The summed E-state index contributed by atoms with van der Waals surface area (Å²) < 4.78 is 1.94. The van der Waals surface area contributed by atoms with Gasteiger partial charge in [0.15, 0.2) is 0 Å². The molecule has 0 N–H and O–H groups in total. The van der Waals surface area contributed by atoms with Gasteiger partial charge < -0.3 is 0 Å². The molecule has 0 atom stereocenters. The molecular formula is C10H6Br2ClN. The Bertz CT molecular complexity index is 464. The molecule has 2 aromatic rings. The Labute approximate surface area is 104 Å². The Balaban J connectivity index is 2.94. The predicted octanol–water partition coefficient (Wildman–Crippen LogP) is 4.72. The van der Waals surface area contributed by atoms with Gasteiger partial charge in [-0.15, -0.1) is 0 Å². The van der Waals surface area contributed by atoms with Crippen molar-refractivity contribution in [1.29, 1.82) is 0 Å². The van der Waals surface area contributed by atoms with E-state index in [1.54, 1.807) is 0 Å². The number of aromatic nitrogens is 1. The maximum absolute atomic E-state index is 5.96. The largest absolute Gasteiger partial charge is 0.252 e. The molecule has 0 spiro atoms. The van der Waals surface area contributed by atoms with Crippen LogP contribution >= 0.6 is 43.5 Å². The number of pyridine rings is 1. The summed E-state index contributed by atoms with van der Waals surface area (Å²) in [6.45, 7) is 1.96. The first-order valence-corrected chi connectivity index (χ1v) is 5.96. The molecule has 0 amide bonds. The zero-order valence-electron chi connectivity index (χ0n) is 7.31. The third kappa shape index (κ3) is 1.81. The number of rotatable bonds is 0. The minimum absolute atomic E-state index is 0.704. The first kappa shape index (κ1) is 10.4. The Morgan fingerprint density at radius 3 is 2.57 bits per heavy atom. The van der Waals surface area contributed by atoms with Crippen LogP contribution in [0.25, 0.3) is 10.9 Å². The van der Waals surface area contributed by atoms with E-state index in [1.807, 2.05) is 25.1 Å². The SMILES string of the molecule is Cc1cc(Br)c2cc(Cl)cc(Br)c2n1. The van der Waals surface area contributed by atoms with Gasteiger partial charge in [0.2, 0.25) is 0 Å². The second-order valence-corrected chi connectivity index (χ2v) is 5.17. The molecule has 0 unspecified atom stereocenters. The Hall–Kier alpha value is -0.120. The number of nitrogens with zero attached hydrogens (tertiary/aromatic N) is 1. The van der Waals surface area contributed by atoms with E-state index in [9.17, 15) is 0 Å². The number of benzene rings is 1. The van der Waals surface area contributed by atoms with E-state index in [4.69, 9.17) is 11.6 Å². The lowest BCUT2D eigenvalue weighted by Crippen LogP contribution is -1.86. The van der Waals surface area contributed by atoms with Crippen LogP contribution in [0.4, 0.5) is 0 Å². The van der Waals surface area contributed by atoms with Crippen LogP contribution in [0.3, 0.4) is 0 Å². The van der Waals surface area contributed by atoms with Gasteiger partial charge in [0, 0.05) is 25.0 Å². The van der Waals surface area contributed by atoms with Crippen LogP contribution in [0.2, 0.25) is 5.02 Å². The van der Waals surface area contributed by atoms with Gasteiger partial charge in [0.1, 0.15) is 0 Å². The molecule has 72 valence electrons. The summed E-state index contributed by atoms with van der Waals surface area (Å²) in [5, 5.41) is 1.73. The van der Waals surface area contributed by atoms with Crippen molar-refractivity contribution in [1.82, 2.24) is 4.98 Å². The van der Waals surface area contributed by atoms with E-state index in [0.29, 0.717) is 5.02 Å². The maximum atomic E-state index is 5.96. The Morgan fingerprint density at radius 2 is 1.86 bits per heavy atom. The normalized spacial score (nSPS) is 10.9. The summed E-state index contributed by atoms with van der Waals surface area (Å²) in [6, 6.07) is 5.73. The number of hydrogen-bond acceptors (Lipinski definition) is 1. The lowest BCUT2D eigenvalue weighted by atomic mass is 10.2. The molecule has 0 bridgehead atoms. The molecule has 0 aliphatic carbocycles. The molecule has 1 nitrogen and oxygen atoms in total. The molecule has 1 aromatic carbocycles. The third-order valence-corrected chi connectivity index (χ3v) is 3.39. The zero-order valence-corrected chi connectivity index (χ0v) is 11.2. The van der Waals surface area contributed by atoms with Crippen LogP contribution in [-0.4, -0.2) is 4.98 Å². The average molecular weight is 335 g/mol. The molecule has 2 rings (SSSR count). The molecule has 0 fully saturated rings. The molecule has 14 heavy (non-hydrogen) atoms. The standard InChI is InChI=1S/C10H6Br2ClN/c1-5-2-8(11)7-3-6(13)4-9(12)10(7)14-5/h2-4H,1H3. The summed E-state index contributed by atoms with van der Waals surface area (Å²) in [6.07, 6.45) is 0. The van der Waals surface area contributed by atoms with Crippen molar-refractivity contribution in [3.05, 3.63) is 37.9 Å². The topological polar surface area (TPSA) is 12.9 Å². The highest BCUT2D eigenvalue weighted by Crippen LogP contribution is 2.31. The number of fused-ring (bicyclic) bond motifs is 1. The van der Waals surface area contributed by atoms with Crippen LogP contribution in [0.15, 0.2) is 27.1 Å². The van der Waals surface area contributed by atoms with Crippen LogP contribution < -0.4 is 0 Å². The summed E-state index contributed by atoms with van der Waals surface area (Å²) in [5.74, 6) is 0. The first-order valence-electron chi connectivity index (χ1n) is 4.00. The van der Waals surface area contributed by atoms with Gasteiger partial charge in [0.05, 0.1) is 5.52 Å². The van der Waals surface area contributed by atoms with Crippen molar-refractivity contribution in [3.63, 3.8) is 0 Å². The predicted molar refractivity (Wildman–Crippen MR) is 66.9 cm³/mol. The highest BCUT2D eigenvalue weighted by Gasteiger charge is 2.06. The molecule has 0 aliphatic rings. The van der Waals surface area contributed by atoms with Gasteiger partial charge in [-0.2, -0.15) is 0 Å². The highest BCUT2D eigenvalue weighted by molar-refractivity contribution is 9.11. The lowest BCUT2D eigenvalue weighted by Gasteiger charge is -2.04. The van der Waals surface area contributed by atoms with Crippen molar-refractivity contribution < 1.29 is 0 Å². The fraction of sp³-hybridized carbons (Fsp3) is 0.100. The zero-order chi connectivity index (χ0) is 10.3. The van der Waals surface area contributed by atoms with Crippen molar-refractivity contribution >= 4 is 54.4 Å². The van der Waals surface area contributed by atoms with E-state index >= 15 is 0 Å². The summed E-state index contributed by atoms with van der Waals surface area (Å²) in [7, 11) is 0. The van der Waals surface area contributed by atoms with Crippen LogP contribution in [0.1, 0.15) is 5.69 Å². The fourth-order valence-corrected chi connectivity index (χ4v) is 2.86. The van der Waals surface area contributed by atoms with Crippen LogP contribution in [-0.2, 0) is 0 Å². The fourth-order valence-electron chi connectivity index (χ4n) is 1.33. The molecule has 4 heteroatoms. The first-order chi connectivity index (χ1) is 6.58. The third-order valence-electron chi connectivity index (χ3n) is 1.91. The molecule has 0 saturated carbocycles. The van der Waals surface area contributed by atoms with Gasteiger partial charge >= 0.3 is 0 Å². The molecule has 0 radical (unpaired) electrons. The maximum Gasteiger partial charge on any atom is 0.0859 e. The van der Waals surface area contributed by atoms with E-state index in [-0.39, 0.29) is 0 Å². The van der Waals surface area contributed by atoms with E-state index in [2.05, 4.69) is 36.8 Å². The average Bonchev–Trinajstić information content (AvgIpc) is 2.07. The molecule has 1 heterocycles. The van der Waals surface area contributed by atoms with Crippen molar-refractivity contribution in [2.45, 2.75) is 6.92 Å². The lowest BCUT2D eigenvalue weighted by molar-refractivity contribution is 1.24. The van der Waals surface area contributed by atoms with E-state index in [0.717, 1.165) is 25.5 Å². The van der Waals surface area contributed by atoms with Crippen LogP contribution in [0.5, 0.6) is 0 Å². The molecule has 1 aromatic heterocycles. The highest BCUT2D eigenvalue weighted by atomic mass is 79.9. The summed E-state index contributed by atoms with van der Waals surface area (Å²) >= 11 is 12.9. The molecular weight excluding hydrogens is 329 g/mol. The van der Waals surface area contributed by atoms with Crippen molar-refractivity contribution in [2.75, 3.05) is 0 Å². The number of hydrogen-bond donors (Lipinski definition) is 0. The second kappa shape index (κ2) is 3.80. The Morgan fingerprint density at radius 1 is 1.14 bits per heavy atom. The molecule has 0 saturated heterocycles. The minimum Gasteiger partial charge on any atom is -0.252 e. The monoisotopic (exact) mass is 333 g/mol. The van der Waals surface area contributed by atoms with Crippen LogP contribution in [0, 0.1) is 6.92 Å². The van der Waals surface area contributed by atoms with Gasteiger partial charge in [0.25, 0.3) is 0 Å². The van der Waals surface area contributed by atoms with E-state index in [1.165, 1.54) is 0 Å². The Kier molecular flexibility index (Phi) is 2.82. The quantitative estimate of drug-likeness (QED) is 0.679.